The van der Waals surface area contributed by atoms with Gasteiger partial charge in [-0.25, -0.2) is 9.59 Å². The van der Waals surface area contributed by atoms with Gasteiger partial charge in [0, 0.05) is 16.5 Å². The van der Waals surface area contributed by atoms with Crippen molar-refractivity contribution in [3.05, 3.63) is 33.4 Å². The van der Waals surface area contributed by atoms with Crippen molar-refractivity contribution in [3.8, 4) is 0 Å². The molecule has 2 amide bonds. The molecule has 10 heteroatoms. The monoisotopic (exact) mass is 464 g/mol. The van der Waals surface area contributed by atoms with Crippen molar-refractivity contribution in [3.63, 3.8) is 0 Å². The molecule has 0 saturated carbocycles. The zero-order valence-electron chi connectivity index (χ0n) is 13.0. The Labute approximate surface area is 156 Å². The molecule has 0 fully saturated rings. The summed E-state index contributed by atoms with van der Waals surface area (Å²) in [6, 6.07) is 5.98. The van der Waals surface area contributed by atoms with Crippen LogP contribution in [0.5, 0.6) is 0 Å². The molecule has 0 aliphatic carbocycles. The minimum Gasteiger partial charge on any atom is -0.481 e. The maximum atomic E-state index is 11.6. The number of carboxylic acid groups (broad SMARTS) is 2. The van der Waals surface area contributed by atoms with E-state index in [1.807, 2.05) is 24.3 Å². The van der Waals surface area contributed by atoms with Crippen LogP contribution < -0.4 is 10.6 Å². The van der Waals surface area contributed by atoms with Crippen LogP contribution >= 0.6 is 22.6 Å². The molecule has 136 valence electrons. The fraction of sp³-hybridized carbons (Fsp3) is 0.333. The fourth-order valence-corrected chi connectivity index (χ4v) is 2.35. The van der Waals surface area contributed by atoms with Crippen LogP contribution in [0.2, 0.25) is 0 Å². The zero-order valence-corrected chi connectivity index (χ0v) is 15.2. The molecule has 4 N–H and O–H groups in total. The van der Waals surface area contributed by atoms with Crippen molar-refractivity contribution >= 4 is 46.7 Å². The Hall–Kier alpha value is -2.46. The third-order valence-corrected chi connectivity index (χ3v) is 3.51. The summed E-state index contributed by atoms with van der Waals surface area (Å²) in [5.41, 5.74) is 1.06. The third kappa shape index (κ3) is 11.7. The lowest BCUT2D eigenvalue weighted by Crippen LogP contribution is -2.46. The van der Waals surface area contributed by atoms with Crippen LogP contribution in [0.15, 0.2) is 24.3 Å². The van der Waals surface area contributed by atoms with Gasteiger partial charge in [0.25, 0.3) is 0 Å². The van der Waals surface area contributed by atoms with Gasteiger partial charge in [0.2, 0.25) is 0 Å². The highest BCUT2D eigenvalue weighted by atomic mass is 127. The standard InChI is InChI=1S/C14H17IN2O5.CO2/c15-10-3-1-2-9(8-10)6-7-16-14(22)17-11(13(20)21)4-5-12(18)19;2-1-3/h1-3,8,11H,4-7H2,(H,18,19)(H,20,21)(H2,16,17,22);/t11-;/m0./s1. The first-order valence-corrected chi connectivity index (χ1v) is 8.10. The highest BCUT2D eigenvalue weighted by Gasteiger charge is 2.20. The molecule has 0 aliphatic rings. The lowest BCUT2D eigenvalue weighted by molar-refractivity contribution is -0.191. The first kappa shape index (κ1) is 22.5. The quantitative estimate of drug-likeness (QED) is 0.417. The van der Waals surface area contributed by atoms with E-state index in [1.165, 1.54) is 0 Å². The largest absolute Gasteiger partial charge is 0.481 e. The smallest absolute Gasteiger partial charge is 0.373 e. The Bertz CT molecular complexity index is 630. The summed E-state index contributed by atoms with van der Waals surface area (Å²) in [4.78, 5) is 49.3. The van der Waals surface area contributed by atoms with E-state index < -0.39 is 24.0 Å². The lowest BCUT2D eigenvalue weighted by Gasteiger charge is -2.14. The Kier molecular flexibility index (Phi) is 11.6. The fourth-order valence-electron chi connectivity index (χ4n) is 1.75. The van der Waals surface area contributed by atoms with Gasteiger partial charge >= 0.3 is 24.1 Å². The topological polar surface area (TPSA) is 150 Å². The van der Waals surface area contributed by atoms with Crippen LogP contribution in [-0.2, 0) is 25.6 Å². The number of nitrogens with one attached hydrogen (secondary N) is 2. The second-order valence-corrected chi connectivity index (χ2v) is 5.93. The van der Waals surface area contributed by atoms with Gasteiger partial charge in [-0.1, -0.05) is 12.1 Å². The van der Waals surface area contributed by atoms with E-state index in [2.05, 4.69) is 33.2 Å². The number of benzene rings is 1. The minimum absolute atomic E-state index is 0.158. The molecule has 0 spiro atoms. The summed E-state index contributed by atoms with van der Waals surface area (Å²) < 4.78 is 1.10. The van der Waals surface area contributed by atoms with Gasteiger partial charge in [-0.2, -0.15) is 9.59 Å². The molecule has 0 heterocycles. The molecular formula is C15H17IN2O7. The predicted molar refractivity (Wildman–Crippen MR) is 92.7 cm³/mol. The number of urea groups is 1. The van der Waals surface area contributed by atoms with Gasteiger partial charge in [0.1, 0.15) is 6.04 Å². The van der Waals surface area contributed by atoms with E-state index in [0.717, 1.165) is 9.13 Å². The number of carbonyl (C=O) groups is 3. The predicted octanol–water partition coefficient (Wildman–Crippen LogP) is 0.867. The maximum Gasteiger partial charge on any atom is 0.373 e. The Morgan fingerprint density at radius 2 is 1.84 bits per heavy atom. The van der Waals surface area contributed by atoms with Crippen molar-refractivity contribution in [1.29, 1.82) is 0 Å². The van der Waals surface area contributed by atoms with E-state index in [0.29, 0.717) is 13.0 Å². The number of hydrogen-bond acceptors (Lipinski definition) is 5. The second-order valence-electron chi connectivity index (χ2n) is 4.69. The van der Waals surface area contributed by atoms with Crippen LogP contribution in [0.25, 0.3) is 0 Å². The Balaban J connectivity index is 0.00000178. The van der Waals surface area contributed by atoms with E-state index in [9.17, 15) is 14.4 Å². The van der Waals surface area contributed by atoms with E-state index in [1.54, 1.807) is 0 Å². The van der Waals surface area contributed by atoms with Crippen molar-refractivity contribution in [1.82, 2.24) is 10.6 Å². The summed E-state index contributed by atoms with van der Waals surface area (Å²) >= 11 is 2.20. The molecule has 0 bridgehead atoms. The molecule has 0 aliphatic heterocycles. The van der Waals surface area contributed by atoms with Crippen molar-refractivity contribution in [2.45, 2.75) is 25.3 Å². The Morgan fingerprint density at radius 1 is 1.20 bits per heavy atom. The molecule has 9 nitrogen and oxygen atoms in total. The first-order valence-electron chi connectivity index (χ1n) is 7.02. The summed E-state index contributed by atoms with van der Waals surface area (Å²) in [6.45, 7) is 0.358. The summed E-state index contributed by atoms with van der Waals surface area (Å²) in [5.74, 6) is -2.36. The molecule has 1 aromatic carbocycles. The average Bonchev–Trinajstić information content (AvgIpc) is 2.52. The van der Waals surface area contributed by atoms with Gasteiger partial charge < -0.3 is 20.8 Å². The van der Waals surface area contributed by atoms with Crippen LogP contribution in [0, 0.1) is 3.57 Å². The lowest BCUT2D eigenvalue weighted by atomic mass is 10.1. The number of aliphatic carboxylic acids is 2. The number of amides is 2. The Morgan fingerprint density at radius 3 is 2.36 bits per heavy atom. The van der Waals surface area contributed by atoms with E-state index in [4.69, 9.17) is 19.8 Å². The second kappa shape index (κ2) is 12.9. The van der Waals surface area contributed by atoms with Gasteiger partial charge in [-0.05, 0) is 53.1 Å². The molecule has 0 radical (unpaired) electrons. The van der Waals surface area contributed by atoms with Gasteiger partial charge in [0.15, 0.2) is 0 Å². The normalized spacial score (nSPS) is 10.4. The van der Waals surface area contributed by atoms with Gasteiger partial charge in [0.05, 0.1) is 0 Å². The average molecular weight is 464 g/mol. The number of carbonyl (C=O) groups excluding carboxylic acids is 3. The van der Waals surface area contributed by atoms with Crippen molar-refractivity contribution in [2.75, 3.05) is 6.54 Å². The third-order valence-electron chi connectivity index (χ3n) is 2.84. The van der Waals surface area contributed by atoms with Crippen LogP contribution in [0.4, 0.5) is 4.79 Å². The molecule has 1 atom stereocenters. The molecule has 0 saturated heterocycles. The molecule has 1 rings (SSSR count). The highest BCUT2D eigenvalue weighted by Crippen LogP contribution is 2.07. The van der Waals surface area contributed by atoms with E-state index in [-0.39, 0.29) is 19.0 Å². The summed E-state index contributed by atoms with van der Waals surface area (Å²) in [6.07, 6.45) is 0.395. The molecule has 0 unspecified atom stereocenters. The number of halogens is 1. The number of hydrogen-bond donors (Lipinski definition) is 4. The molecule has 0 aromatic heterocycles. The minimum atomic E-state index is -1.26. The first-order chi connectivity index (χ1) is 11.8. The number of rotatable bonds is 8. The van der Waals surface area contributed by atoms with Crippen LogP contribution in [-0.4, -0.2) is 46.9 Å². The number of carboxylic acids is 2. The highest BCUT2D eigenvalue weighted by molar-refractivity contribution is 14.1. The molecule has 25 heavy (non-hydrogen) atoms. The van der Waals surface area contributed by atoms with E-state index >= 15 is 0 Å². The summed E-state index contributed by atoms with van der Waals surface area (Å²) in [5, 5.41) is 22.3. The van der Waals surface area contributed by atoms with Crippen LogP contribution in [0.3, 0.4) is 0 Å². The van der Waals surface area contributed by atoms with Crippen molar-refractivity contribution in [2.24, 2.45) is 0 Å². The maximum absolute atomic E-state index is 11.6. The van der Waals surface area contributed by atoms with Crippen molar-refractivity contribution < 1.29 is 34.2 Å². The van der Waals surface area contributed by atoms with Gasteiger partial charge in [-0.15, -0.1) is 0 Å². The zero-order chi connectivity index (χ0) is 19.2. The van der Waals surface area contributed by atoms with Crippen LogP contribution in [0.1, 0.15) is 18.4 Å². The SMILES string of the molecule is O=C(O)CC[C@H](NC(=O)NCCc1cccc(I)c1)C(=O)O.O=C=O. The molecular weight excluding hydrogens is 447 g/mol. The van der Waals surface area contributed by atoms with Gasteiger partial charge in [-0.3, -0.25) is 4.79 Å². The summed E-state index contributed by atoms with van der Waals surface area (Å²) in [7, 11) is 0. The molecule has 1 aromatic rings.